The summed E-state index contributed by atoms with van der Waals surface area (Å²) in [6.07, 6.45) is 3.57. The van der Waals surface area contributed by atoms with Crippen LogP contribution in [-0.2, 0) is 11.3 Å². The highest BCUT2D eigenvalue weighted by Gasteiger charge is 2.38. The van der Waals surface area contributed by atoms with Gasteiger partial charge in [-0.2, -0.15) is 0 Å². The van der Waals surface area contributed by atoms with E-state index in [1.165, 1.54) is 36.4 Å². The number of anilines is 1. The maximum Gasteiger partial charge on any atom is 0.322 e. The zero-order valence-electron chi connectivity index (χ0n) is 17.1. The van der Waals surface area contributed by atoms with Crippen molar-refractivity contribution in [3.05, 3.63) is 65.7 Å². The smallest absolute Gasteiger partial charge is 0.322 e. The molecule has 3 N–H and O–H groups in total. The van der Waals surface area contributed by atoms with Gasteiger partial charge in [-0.1, -0.05) is 25.0 Å². The van der Waals surface area contributed by atoms with Crippen LogP contribution in [0.15, 0.2) is 48.5 Å². The Kier molecular flexibility index (Phi) is 6.46. The van der Waals surface area contributed by atoms with E-state index in [4.69, 9.17) is 0 Å². The zero-order valence-corrected chi connectivity index (χ0v) is 17.1. The molecule has 2 fully saturated rings. The fourth-order valence-electron chi connectivity index (χ4n) is 4.31. The van der Waals surface area contributed by atoms with Gasteiger partial charge in [0, 0.05) is 18.3 Å². The third-order valence-corrected chi connectivity index (χ3v) is 5.91. The van der Waals surface area contributed by atoms with Crippen LogP contribution in [0.4, 0.5) is 19.3 Å². The molecule has 3 amide bonds. The molecule has 164 valence electrons. The number of halogens is 2. The van der Waals surface area contributed by atoms with Gasteiger partial charge in [0.1, 0.15) is 11.6 Å². The zero-order chi connectivity index (χ0) is 21.8. The van der Waals surface area contributed by atoms with Crippen molar-refractivity contribution in [2.24, 2.45) is 5.92 Å². The van der Waals surface area contributed by atoms with Gasteiger partial charge >= 0.3 is 6.03 Å². The number of fused-ring (bicyclic) bond motifs is 1. The summed E-state index contributed by atoms with van der Waals surface area (Å²) in [7, 11) is 0. The molecule has 0 radical (unpaired) electrons. The third-order valence-electron chi connectivity index (χ3n) is 5.91. The topological polar surface area (TPSA) is 73.5 Å². The standard InChI is InChI=1S/C23H26F2N4O2/c24-16-7-5-15(6-8-16)13-29(23(31)26-18-11-9-17(25)10-12-18)14-21-27-20-4-2-1-3-19(20)22(30)28-21/h5-12,19-21,27H,1-4,13-14H2,(H,26,31)(H,28,30). The lowest BCUT2D eigenvalue weighted by atomic mass is 9.82. The van der Waals surface area contributed by atoms with E-state index in [2.05, 4.69) is 16.0 Å². The minimum Gasteiger partial charge on any atom is -0.339 e. The molecule has 1 heterocycles. The van der Waals surface area contributed by atoms with Gasteiger partial charge in [0.2, 0.25) is 5.91 Å². The minimum atomic E-state index is -0.391. The Morgan fingerprint density at radius 3 is 2.35 bits per heavy atom. The van der Waals surface area contributed by atoms with Crippen molar-refractivity contribution in [2.45, 2.75) is 44.4 Å². The van der Waals surface area contributed by atoms with Gasteiger partial charge in [-0.3, -0.25) is 10.1 Å². The molecular formula is C23H26F2N4O2. The van der Waals surface area contributed by atoms with Crippen LogP contribution in [0, 0.1) is 17.6 Å². The van der Waals surface area contributed by atoms with E-state index in [0.29, 0.717) is 5.69 Å². The van der Waals surface area contributed by atoms with E-state index >= 15 is 0 Å². The van der Waals surface area contributed by atoms with Crippen molar-refractivity contribution in [2.75, 3.05) is 11.9 Å². The molecule has 6 nitrogen and oxygen atoms in total. The average molecular weight is 428 g/mol. The normalized spacial score (nSPS) is 22.9. The van der Waals surface area contributed by atoms with Crippen molar-refractivity contribution in [1.29, 1.82) is 0 Å². The number of nitrogens with one attached hydrogen (secondary N) is 3. The first-order chi connectivity index (χ1) is 15.0. The van der Waals surface area contributed by atoms with E-state index in [0.717, 1.165) is 31.2 Å². The second-order valence-electron chi connectivity index (χ2n) is 8.17. The first-order valence-corrected chi connectivity index (χ1v) is 10.6. The Hall–Kier alpha value is -3.00. The molecule has 0 aromatic heterocycles. The lowest BCUT2D eigenvalue weighted by molar-refractivity contribution is -0.131. The Morgan fingerprint density at radius 1 is 1.00 bits per heavy atom. The molecular weight excluding hydrogens is 402 g/mol. The Balaban J connectivity index is 1.48. The van der Waals surface area contributed by atoms with E-state index < -0.39 is 11.8 Å². The van der Waals surface area contributed by atoms with Gasteiger partial charge < -0.3 is 15.5 Å². The van der Waals surface area contributed by atoms with Crippen LogP contribution in [0.3, 0.4) is 0 Å². The van der Waals surface area contributed by atoms with Crippen LogP contribution in [0.25, 0.3) is 0 Å². The average Bonchev–Trinajstić information content (AvgIpc) is 2.76. The van der Waals surface area contributed by atoms with Crippen LogP contribution in [0.2, 0.25) is 0 Å². The first-order valence-electron chi connectivity index (χ1n) is 10.6. The summed E-state index contributed by atoms with van der Waals surface area (Å²) in [4.78, 5) is 27.1. The highest BCUT2D eigenvalue weighted by Crippen LogP contribution is 2.27. The predicted molar refractivity (Wildman–Crippen MR) is 113 cm³/mol. The maximum absolute atomic E-state index is 13.3. The van der Waals surface area contributed by atoms with Gasteiger partial charge in [0.25, 0.3) is 0 Å². The lowest BCUT2D eigenvalue weighted by Crippen LogP contribution is -2.65. The molecule has 1 aliphatic carbocycles. The van der Waals surface area contributed by atoms with E-state index in [1.807, 2.05) is 0 Å². The van der Waals surface area contributed by atoms with Gasteiger partial charge in [0.05, 0.1) is 18.6 Å². The highest BCUT2D eigenvalue weighted by molar-refractivity contribution is 5.89. The largest absolute Gasteiger partial charge is 0.339 e. The van der Waals surface area contributed by atoms with Crippen molar-refractivity contribution in [3.8, 4) is 0 Å². The molecule has 0 bridgehead atoms. The third kappa shape index (κ3) is 5.38. The second-order valence-corrected chi connectivity index (χ2v) is 8.17. The number of carbonyl (C=O) groups excluding carboxylic acids is 2. The Bertz CT molecular complexity index is 920. The Morgan fingerprint density at radius 2 is 1.65 bits per heavy atom. The van der Waals surface area contributed by atoms with Gasteiger partial charge in [-0.05, 0) is 54.8 Å². The summed E-state index contributed by atoms with van der Waals surface area (Å²) < 4.78 is 26.5. The predicted octanol–water partition coefficient (Wildman–Crippen LogP) is 3.60. The van der Waals surface area contributed by atoms with Gasteiger partial charge in [0.15, 0.2) is 0 Å². The number of nitrogens with zero attached hydrogens (tertiary/aromatic N) is 1. The summed E-state index contributed by atoms with van der Waals surface area (Å²) in [5.41, 5.74) is 1.22. The number of urea groups is 1. The van der Waals surface area contributed by atoms with E-state index in [-0.39, 0.29) is 42.9 Å². The number of rotatable bonds is 5. The molecule has 1 saturated heterocycles. The molecule has 4 rings (SSSR count). The summed E-state index contributed by atoms with van der Waals surface area (Å²) in [5.74, 6) is -0.745. The molecule has 1 aliphatic heterocycles. The van der Waals surface area contributed by atoms with Crippen molar-refractivity contribution < 1.29 is 18.4 Å². The summed E-state index contributed by atoms with van der Waals surface area (Å²) in [5, 5.41) is 9.22. The first kappa shape index (κ1) is 21.2. The van der Waals surface area contributed by atoms with Crippen LogP contribution >= 0.6 is 0 Å². The molecule has 31 heavy (non-hydrogen) atoms. The number of benzene rings is 2. The molecule has 2 aliphatic rings. The molecule has 2 aromatic carbocycles. The molecule has 1 saturated carbocycles. The van der Waals surface area contributed by atoms with E-state index in [1.54, 1.807) is 17.0 Å². The summed E-state index contributed by atoms with van der Waals surface area (Å²) in [6.45, 7) is 0.467. The number of hydrogen-bond donors (Lipinski definition) is 3. The molecule has 0 spiro atoms. The van der Waals surface area contributed by atoms with Gasteiger partial charge in [-0.25, -0.2) is 13.6 Å². The van der Waals surface area contributed by atoms with Crippen LogP contribution in [-0.4, -0.2) is 35.6 Å². The second kappa shape index (κ2) is 9.43. The monoisotopic (exact) mass is 428 g/mol. The van der Waals surface area contributed by atoms with Crippen LogP contribution < -0.4 is 16.0 Å². The molecule has 3 unspecified atom stereocenters. The Labute approximate surface area is 180 Å². The van der Waals surface area contributed by atoms with Gasteiger partial charge in [-0.15, -0.1) is 0 Å². The highest BCUT2D eigenvalue weighted by atomic mass is 19.1. The van der Waals surface area contributed by atoms with Crippen molar-refractivity contribution in [3.63, 3.8) is 0 Å². The minimum absolute atomic E-state index is 0.0223. The SMILES string of the molecule is O=C1NC(CN(Cc2ccc(F)cc2)C(=O)Nc2ccc(F)cc2)NC2CCCCC12. The van der Waals surface area contributed by atoms with E-state index in [9.17, 15) is 18.4 Å². The molecule has 2 aromatic rings. The molecule has 3 atom stereocenters. The summed E-state index contributed by atoms with van der Waals surface area (Å²) in [6, 6.07) is 11.2. The van der Waals surface area contributed by atoms with Crippen LogP contribution in [0.1, 0.15) is 31.2 Å². The van der Waals surface area contributed by atoms with Crippen molar-refractivity contribution in [1.82, 2.24) is 15.5 Å². The fraction of sp³-hybridized carbons (Fsp3) is 0.391. The number of carbonyl (C=O) groups is 2. The number of amides is 3. The fourth-order valence-corrected chi connectivity index (χ4v) is 4.31. The van der Waals surface area contributed by atoms with Crippen LogP contribution in [0.5, 0.6) is 0 Å². The maximum atomic E-state index is 13.3. The number of hydrogen-bond acceptors (Lipinski definition) is 3. The van der Waals surface area contributed by atoms with Crippen molar-refractivity contribution >= 4 is 17.6 Å². The molecule has 8 heteroatoms. The quantitative estimate of drug-likeness (QED) is 0.681. The summed E-state index contributed by atoms with van der Waals surface area (Å²) >= 11 is 0. The lowest BCUT2D eigenvalue weighted by Gasteiger charge is -2.41.